The van der Waals surface area contributed by atoms with Gasteiger partial charge in [0.1, 0.15) is 0 Å². The maximum Gasteiger partial charge on any atom is -0.0279 e. The highest BCUT2D eigenvalue weighted by Crippen LogP contribution is 2.22. The summed E-state index contributed by atoms with van der Waals surface area (Å²) in [7, 11) is 0. The molecule has 1 aromatic carbocycles. The molecule has 0 aliphatic heterocycles. The Bertz CT molecular complexity index is 274. The van der Waals surface area contributed by atoms with Crippen LogP contribution in [0.2, 0.25) is 0 Å². The molecule has 15 heavy (non-hydrogen) atoms. The predicted octanol–water partition coefficient (Wildman–Crippen LogP) is 4.75. The zero-order valence-corrected chi connectivity index (χ0v) is 10.6. The molecule has 1 aromatic rings. The second-order valence-electron chi connectivity index (χ2n) is 5.75. The minimum Gasteiger partial charge on any atom is -0.0602 e. The van der Waals surface area contributed by atoms with Crippen LogP contribution in [0.4, 0.5) is 0 Å². The first-order chi connectivity index (χ1) is 6.97. The summed E-state index contributed by atoms with van der Waals surface area (Å²) in [6, 6.07) is 8.93. The smallest absolute Gasteiger partial charge is 0.0279 e. The molecular weight excluding hydrogens is 180 g/mol. The van der Waals surface area contributed by atoms with Gasteiger partial charge in [0.25, 0.3) is 0 Å². The van der Waals surface area contributed by atoms with Gasteiger partial charge in [-0.3, -0.25) is 0 Å². The molecule has 0 heteroatoms. The summed E-state index contributed by atoms with van der Waals surface area (Å²) in [6.07, 6.45) is 5.23. The monoisotopic (exact) mass is 204 g/mol. The van der Waals surface area contributed by atoms with Gasteiger partial charge in [-0.15, -0.1) is 0 Å². The van der Waals surface area contributed by atoms with E-state index in [1.807, 2.05) is 0 Å². The third kappa shape index (κ3) is 5.61. The summed E-state index contributed by atoms with van der Waals surface area (Å²) >= 11 is 0. The van der Waals surface area contributed by atoms with Crippen LogP contribution in [0.15, 0.2) is 24.3 Å². The maximum absolute atomic E-state index is 2.32. The van der Waals surface area contributed by atoms with E-state index in [2.05, 4.69) is 52.0 Å². The fourth-order valence-corrected chi connectivity index (χ4v) is 1.74. The summed E-state index contributed by atoms with van der Waals surface area (Å²) in [4.78, 5) is 0. The molecule has 84 valence electrons. The Morgan fingerprint density at radius 3 is 2.07 bits per heavy atom. The van der Waals surface area contributed by atoms with Crippen molar-refractivity contribution in [2.24, 2.45) is 5.41 Å². The highest BCUT2D eigenvalue weighted by atomic mass is 14.1. The first kappa shape index (κ1) is 12.3. The third-order valence-corrected chi connectivity index (χ3v) is 2.76. The van der Waals surface area contributed by atoms with Gasteiger partial charge in [-0.05, 0) is 37.2 Å². The highest BCUT2D eigenvalue weighted by Gasteiger charge is 2.08. The summed E-state index contributed by atoms with van der Waals surface area (Å²) in [5.41, 5.74) is 3.33. The number of hydrogen-bond acceptors (Lipinski definition) is 0. The van der Waals surface area contributed by atoms with E-state index in [0.29, 0.717) is 5.41 Å². The lowest BCUT2D eigenvalue weighted by Crippen LogP contribution is -2.04. The zero-order chi connectivity index (χ0) is 11.3. The Labute approximate surface area is 94.7 Å². The van der Waals surface area contributed by atoms with Crippen molar-refractivity contribution >= 4 is 0 Å². The molecular formula is C15H24. The Kier molecular flexibility index (Phi) is 4.38. The zero-order valence-electron chi connectivity index (χ0n) is 10.6. The average Bonchev–Trinajstić information content (AvgIpc) is 2.14. The van der Waals surface area contributed by atoms with Crippen molar-refractivity contribution < 1.29 is 0 Å². The van der Waals surface area contributed by atoms with Gasteiger partial charge < -0.3 is 0 Å². The molecule has 0 heterocycles. The van der Waals surface area contributed by atoms with Crippen LogP contribution in [-0.4, -0.2) is 0 Å². The Morgan fingerprint density at radius 1 is 0.933 bits per heavy atom. The van der Waals surface area contributed by atoms with Gasteiger partial charge in [0, 0.05) is 0 Å². The van der Waals surface area contributed by atoms with Crippen molar-refractivity contribution in [2.45, 2.75) is 53.4 Å². The van der Waals surface area contributed by atoms with Crippen molar-refractivity contribution in [3.63, 3.8) is 0 Å². The van der Waals surface area contributed by atoms with Gasteiger partial charge in [-0.1, -0.05) is 57.0 Å². The van der Waals surface area contributed by atoms with Crippen molar-refractivity contribution in [2.75, 3.05) is 0 Å². The van der Waals surface area contributed by atoms with Gasteiger partial charge in [-0.25, -0.2) is 0 Å². The quantitative estimate of drug-likeness (QED) is 0.621. The molecule has 0 unspecified atom stereocenters. The molecule has 0 saturated heterocycles. The number of rotatable bonds is 4. The second-order valence-corrected chi connectivity index (χ2v) is 5.75. The molecule has 0 aromatic heterocycles. The molecule has 0 fully saturated rings. The standard InChI is InChI=1S/C15H24/c1-13-8-10-14(11-9-13)7-5-6-12-15(2,3)4/h8-11H,5-7,12H2,1-4H3. The van der Waals surface area contributed by atoms with Crippen molar-refractivity contribution in [1.29, 1.82) is 0 Å². The summed E-state index contributed by atoms with van der Waals surface area (Å²) < 4.78 is 0. The van der Waals surface area contributed by atoms with Crippen LogP contribution in [0.5, 0.6) is 0 Å². The van der Waals surface area contributed by atoms with Gasteiger partial charge in [-0.2, -0.15) is 0 Å². The van der Waals surface area contributed by atoms with Gasteiger partial charge in [0.15, 0.2) is 0 Å². The molecule has 0 nitrogen and oxygen atoms in total. The first-order valence-electron chi connectivity index (χ1n) is 6.03. The van der Waals surface area contributed by atoms with E-state index in [9.17, 15) is 0 Å². The van der Waals surface area contributed by atoms with Crippen LogP contribution < -0.4 is 0 Å². The van der Waals surface area contributed by atoms with E-state index in [1.165, 1.54) is 36.8 Å². The number of aryl methyl sites for hydroxylation is 2. The van der Waals surface area contributed by atoms with E-state index < -0.39 is 0 Å². The number of hydrogen-bond donors (Lipinski definition) is 0. The molecule has 0 spiro atoms. The van der Waals surface area contributed by atoms with E-state index in [0.717, 1.165) is 0 Å². The van der Waals surface area contributed by atoms with Crippen LogP contribution >= 0.6 is 0 Å². The van der Waals surface area contributed by atoms with Crippen LogP contribution in [0, 0.1) is 12.3 Å². The van der Waals surface area contributed by atoms with E-state index in [-0.39, 0.29) is 0 Å². The Hall–Kier alpha value is -0.780. The lowest BCUT2D eigenvalue weighted by atomic mass is 9.89. The molecule has 0 radical (unpaired) electrons. The molecule has 0 aliphatic carbocycles. The molecule has 0 aliphatic rings. The van der Waals surface area contributed by atoms with Gasteiger partial charge in [0.2, 0.25) is 0 Å². The average molecular weight is 204 g/mol. The maximum atomic E-state index is 2.32. The summed E-state index contributed by atoms with van der Waals surface area (Å²) in [5, 5.41) is 0. The second kappa shape index (κ2) is 5.34. The molecule has 0 N–H and O–H groups in total. The SMILES string of the molecule is Cc1ccc(CCCCC(C)(C)C)cc1. The minimum atomic E-state index is 0.493. The summed E-state index contributed by atoms with van der Waals surface area (Å²) in [6.45, 7) is 9.10. The molecule has 1 rings (SSSR count). The third-order valence-electron chi connectivity index (χ3n) is 2.76. The van der Waals surface area contributed by atoms with Crippen LogP contribution in [0.25, 0.3) is 0 Å². The molecule has 0 atom stereocenters. The van der Waals surface area contributed by atoms with E-state index >= 15 is 0 Å². The van der Waals surface area contributed by atoms with Gasteiger partial charge in [0.05, 0.1) is 0 Å². The van der Waals surface area contributed by atoms with Gasteiger partial charge >= 0.3 is 0 Å². The highest BCUT2D eigenvalue weighted by molar-refractivity contribution is 5.21. The van der Waals surface area contributed by atoms with Crippen molar-refractivity contribution in [3.05, 3.63) is 35.4 Å². The van der Waals surface area contributed by atoms with Crippen molar-refractivity contribution in [1.82, 2.24) is 0 Å². The normalized spacial score (nSPS) is 11.7. The number of unbranched alkanes of at least 4 members (excludes halogenated alkanes) is 1. The molecule has 0 saturated carbocycles. The lowest BCUT2D eigenvalue weighted by molar-refractivity contribution is 0.360. The minimum absolute atomic E-state index is 0.493. The topological polar surface area (TPSA) is 0 Å². The van der Waals surface area contributed by atoms with Crippen LogP contribution in [0.1, 0.15) is 51.2 Å². The molecule has 0 amide bonds. The van der Waals surface area contributed by atoms with E-state index in [1.54, 1.807) is 0 Å². The largest absolute Gasteiger partial charge is 0.0602 e. The fraction of sp³-hybridized carbons (Fsp3) is 0.600. The predicted molar refractivity (Wildman–Crippen MR) is 68.2 cm³/mol. The fourth-order valence-electron chi connectivity index (χ4n) is 1.74. The lowest BCUT2D eigenvalue weighted by Gasteiger charge is -2.17. The molecule has 0 bridgehead atoms. The number of benzene rings is 1. The Balaban J connectivity index is 2.23. The van der Waals surface area contributed by atoms with Crippen LogP contribution in [-0.2, 0) is 6.42 Å². The summed E-state index contributed by atoms with van der Waals surface area (Å²) in [5.74, 6) is 0. The van der Waals surface area contributed by atoms with Crippen LogP contribution in [0.3, 0.4) is 0 Å². The van der Waals surface area contributed by atoms with Crippen molar-refractivity contribution in [3.8, 4) is 0 Å². The first-order valence-corrected chi connectivity index (χ1v) is 6.03. The Morgan fingerprint density at radius 2 is 1.53 bits per heavy atom. The van der Waals surface area contributed by atoms with E-state index in [4.69, 9.17) is 0 Å².